The van der Waals surface area contributed by atoms with Crippen molar-refractivity contribution < 1.29 is 23.8 Å². The van der Waals surface area contributed by atoms with E-state index in [4.69, 9.17) is 14.9 Å². The summed E-state index contributed by atoms with van der Waals surface area (Å²) in [6.45, 7) is 10.4. The maximum absolute atomic E-state index is 13.2. The molecule has 0 fully saturated rings. The number of nitrogens with two attached hydrogens (primary N) is 1. The Hall–Kier alpha value is -3.65. The van der Waals surface area contributed by atoms with Crippen LogP contribution in [0.3, 0.4) is 0 Å². The molecule has 2 atom stereocenters. The Morgan fingerprint density at radius 2 is 2.08 bits per heavy atom. The molecule has 40 heavy (non-hydrogen) atoms. The van der Waals surface area contributed by atoms with Crippen LogP contribution in [-0.4, -0.2) is 45.6 Å². The Morgan fingerprint density at radius 3 is 2.75 bits per heavy atom. The van der Waals surface area contributed by atoms with Gasteiger partial charge in [-0.15, -0.1) is 0 Å². The fourth-order valence-corrected chi connectivity index (χ4v) is 4.93. The van der Waals surface area contributed by atoms with Crippen molar-refractivity contribution in [1.82, 2.24) is 9.88 Å². The van der Waals surface area contributed by atoms with E-state index in [1.54, 1.807) is 37.2 Å². The van der Waals surface area contributed by atoms with Crippen LogP contribution in [0.4, 0.5) is 0 Å². The molecule has 0 bridgehead atoms. The Balaban J connectivity index is 1.78. The van der Waals surface area contributed by atoms with Crippen LogP contribution >= 0.6 is 0 Å². The number of amides is 1. The van der Waals surface area contributed by atoms with E-state index in [1.807, 2.05) is 37.3 Å². The van der Waals surface area contributed by atoms with Crippen molar-refractivity contribution in [1.29, 1.82) is 0 Å². The van der Waals surface area contributed by atoms with Crippen LogP contribution in [0.15, 0.2) is 59.3 Å². The van der Waals surface area contributed by atoms with Gasteiger partial charge in [0.25, 0.3) is 0 Å². The predicted molar refractivity (Wildman–Crippen MR) is 157 cm³/mol. The van der Waals surface area contributed by atoms with Crippen molar-refractivity contribution in [2.75, 3.05) is 13.2 Å². The molecule has 0 aliphatic carbocycles. The van der Waals surface area contributed by atoms with Crippen molar-refractivity contribution in [3.8, 4) is 5.75 Å². The molecule has 0 radical (unpaired) electrons. The number of carboxylic acids is 1. The van der Waals surface area contributed by atoms with E-state index >= 15 is 0 Å². The second-order valence-electron chi connectivity index (χ2n) is 11.3. The number of hydrogen-bond donors (Lipinski definition) is 2. The minimum atomic E-state index is -1.08. The number of benzene rings is 1. The fourth-order valence-electron chi connectivity index (χ4n) is 4.93. The number of carbonyl (C=O) groups excluding carboxylic acids is 1. The monoisotopic (exact) mass is 549 g/mol. The number of allylic oxidation sites excluding steroid dienone is 4. The first-order chi connectivity index (χ1) is 19.0. The van der Waals surface area contributed by atoms with Gasteiger partial charge in [0, 0.05) is 24.6 Å². The van der Waals surface area contributed by atoms with Gasteiger partial charge >= 0.3 is 5.97 Å². The Bertz CT molecular complexity index is 1240. The van der Waals surface area contributed by atoms with Crippen molar-refractivity contribution in [3.05, 3.63) is 77.6 Å². The maximum Gasteiger partial charge on any atom is 0.310 e. The molecular weight excluding hydrogens is 506 g/mol. The van der Waals surface area contributed by atoms with Gasteiger partial charge < -0.3 is 24.9 Å². The van der Waals surface area contributed by atoms with Gasteiger partial charge in [-0.3, -0.25) is 9.59 Å². The second kappa shape index (κ2) is 14.1. The molecular formula is C32H43N3O5. The quantitative estimate of drug-likeness (QED) is 0.241. The topological polar surface area (TPSA) is 119 Å². The summed E-state index contributed by atoms with van der Waals surface area (Å²) in [5.41, 5.74) is 7.83. The van der Waals surface area contributed by atoms with E-state index in [9.17, 15) is 14.7 Å². The van der Waals surface area contributed by atoms with Gasteiger partial charge in [0.2, 0.25) is 11.8 Å². The van der Waals surface area contributed by atoms with Crippen molar-refractivity contribution in [2.45, 2.75) is 71.9 Å². The van der Waals surface area contributed by atoms with Gasteiger partial charge in [0.15, 0.2) is 0 Å². The number of carboxylic acid groups (broad SMARTS) is 1. The average molecular weight is 550 g/mol. The molecule has 8 heteroatoms. The summed E-state index contributed by atoms with van der Waals surface area (Å²) in [4.78, 5) is 31.8. The minimum absolute atomic E-state index is 0.254. The molecule has 1 aliphatic rings. The molecule has 1 aromatic heterocycles. The summed E-state index contributed by atoms with van der Waals surface area (Å²) in [6, 6.07) is 4.94. The van der Waals surface area contributed by atoms with Gasteiger partial charge in [-0.2, -0.15) is 0 Å². The van der Waals surface area contributed by atoms with Gasteiger partial charge in [-0.25, -0.2) is 4.98 Å². The van der Waals surface area contributed by atoms with Gasteiger partial charge in [-0.05, 0) is 75.3 Å². The largest absolute Gasteiger partial charge is 0.493 e. The van der Waals surface area contributed by atoms with Crippen LogP contribution < -0.4 is 10.5 Å². The second-order valence-corrected chi connectivity index (χ2v) is 11.3. The number of ether oxygens (including phenoxy) is 1. The smallest absolute Gasteiger partial charge is 0.310 e. The highest BCUT2D eigenvalue weighted by molar-refractivity contribution is 5.89. The molecule has 1 aliphatic heterocycles. The molecule has 0 spiro atoms. The third-order valence-corrected chi connectivity index (χ3v) is 6.97. The lowest BCUT2D eigenvalue weighted by Gasteiger charge is -2.44. The van der Waals surface area contributed by atoms with Crippen LogP contribution in [0.25, 0.3) is 6.08 Å². The SMILES string of the molecule is CC=CC=CC(=O)N1CCc2ccc(OCCc3coc(C=CCCC(C)C)n3)cc2C1C(C(=O)O)C(C)(C)N. The maximum atomic E-state index is 13.2. The molecule has 2 heterocycles. The number of carbonyl (C=O) groups is 2. The standard InChI is InChI=1S/C32H43N3O5/c1-6-7-8-13-28(36)35-18-16-23-14-15-25(20-26(23)30(35)29(31(37)38)32(4,5)33)39-19-17-24-21-40-27(34-24)12-10-9-11-22(2)3/h6-8,10,12-15,20-22,29-30H,9,11,16-19,33H2,1-5H3,(H,37,38). The van der Waals surface area contributed by atoms with Gasteiger partial charge in [-0.1, -0.05) is 44.2 Å². The first-order valence-corrected chi connectivity index (χ1v) is 14.0. The zero-order valence-corrected chi connectivity index (χ0v) is 24.3. The fraction of sp³-hybridized carbons (Fsp3) is 0.469. The normalized spacial score (nSPS) is 16.8. The Kier molecular flexibility index (Phi) is 10.9. The Labute approximate surface area is 237 Å². The van der Waals surface area contributed by atoms with Crippen LogP contribution in [0.1, 0.15) is 76.2 Å². The number of aromatic nitrogens is 1. The third kappa shape index (κ3) is 8.42. The minimum Gasteiger partial charge on any atom is -0.493 e. The van der Waals surface area contributed by atoms with E-state index in [0.29, 0.717) is 43.6 Å². The molecule has 2 aromatic rings. The molecule has 1 amide bonds. The van der Waals surface area contributed by atoms with Crippen LogP contribution in [0.5, 0.6) is 5.75 Å². The van der Waals surface area contributed by atoms with Crippen LogP contribution in [0, 0.1) is 11.8 Å². The third-order valence-electron chi connectivity index (χ3n) is 6.97. The zero-order valence-electron chi connectivity index (χ0n) is 24.3. The van der Waals surface area contributed by atoms with E-state index in [2.05, 4.69) is 24.9 Å². The molecule has 8 nitrogen and oxygen atoms in total. The number of aliphatic carboxylic acids is 1. The molecule has 3 N–H and O–H groups in total. The van der Waals surface area contributed by atoms with Crippen LogP contribution in [-0.2, 0) is 22.4 Å². The molecule has 3 rings (SSSR count). The average Bonchev–Trinajstić information content (AvgIpc) is 3.33. The van der Waals surface area contributed by atoms with E-state index < -0.39 is 23.5 Å². The lowest BCUT2D eigenvalue weighted by Crippen LogP contribution is -2.54. The molecule has 0 saturated carbocycles. The van der Waals surface area contributed by atoms with Crippen LogP contribution in [0.2, 0.25) is 0 Å². The Morgan fingerprint density at radius 1 is 1.30 bits per heavy atom. The highest BCUT2D eigenvalue weighted by atomic mass is 16.5. The molecule has 1 aromatic carbocycles. The number of rotatable bonds is 13. The zero-order chi connectivity index (χ0) is 29.3. The number of oxazole rings is 1. The number of hydrogen-bond acceptors (Lipinski definition) is 6. The number of nitrogens with zero attached hydrogens (tertiary/aromatic N) is 2. The first kappa shape index (κ1) is 30.9. The van der Waals surface area contributed by atoms with Crippen molar-refractivity contribution in [3.63, 3.8) is 0 Å². The lowest BCUT2D eigenvalue weighted by atomic mass is 9.75. The predicted octanol–water partition coefficient (Wildman–Crippen LogP) is 5.74. The van der Waals surface area contributed by atoms with Crippen molar-refractivity contribution in [2.24, 2.45) is 17.6 Å². The first-order valence-electron chi connectivity index (χ1n) is 14.0. The summed E-state index contributed by atoms with van der Waals surface area (Å²) in [6.07, 6.45) is 15.6. The lowest BCUT2D eigenvalue weighted by molar-refractivity contribution is -0.149. The van der Waals surface area contributed by atoms with E-state index in [1.165, 1.54) is 6.08 Å². The van der Waals surface area contributed by atoms with Gasteiger partial charge in [0.05, 0.1) is 24.3 Å². The highest BCUT2D eigenvalue weighted by Crippen LogP contribution is 2.41. The summed E-state index contributed by atoms with van der Waals surface area (Å²) in [5, 5.41) is 10.2. The summed E-state index contributed by atoms with van der Waals surface area (Å²) >= 11 is 0. The van der Waals surface area contributed by atoms with E-state index in [-0.39, 0.29) is 5.91 Å². The summed E-state index contributed by atoms with van der Waals surface area (Å²) in [5.74, 6) is -0.501. The molecule has 2 unspecified atom stereocenters. The highest BCUT2D eigenvalue weighted by Gasteiger charge is 2.45. The number of fused-ring (bicyclic) bond motifs is 1. The molecule has 0 saturated heterocycles. The van der Waals surface area contributed by atoms with E-state index in [0.717, 1.165) is 29.7 Å². The van der Waals surface area contributed by atoms with Gasteiger partial charge in [0.1, 0.15) is 12.0 Å². The molecule has 216 valence electrons. The summed E-state index contributed by atoms with van der Waals surface area (Å²) in [7, 11) is 0. The summed E-state index contributed by atoms with van der Waals surface area (Å²) < 4.78 is 11.6. The van der Waals surface area contributed by atoms with Crippen molar-refractivity contribution >= 4 is 18.0 Å².